The topological polar surface area (TPSA) is 28.6 Å². The van der Waals surface area contributed by atoms with Crippen molar-refractivity contribution in [1.29, 1.82) is 0 Å². The van der Waals surface area contributed by atoms with Gasteiger partial charge in [0.2, 0.25) is 0 Å². The Labute approximate surface area is 145 Å². The van der Waals surface area contributed by atoms with E-state index in [0.717, 1.165) is 18.2 Å². The summed E-state index contributed by atoms with van der Waals surface area (Å²) in [6.45, 7) is 4.99. The summed E-state index contributed by atoms with van der Waals surface area (Å²) in [7, 11) is 0. The monoisotopic (exact) mass is 327 g/mol. The van der Waals surface area contributed by atoms with Gasteiger partial charge in [0.25, 0.3) is 0 Å². The first-order valence-electron chi connectivity index (χ1n) is 9.92. The van der Waals surface area contributed by atoms with Crippen LogP contribution in [-0.2, 0) is 0 Å². The third-order valence-electron chi connectivity index (χ3n) is 6.96. The van der Waals surface area contributed by atoms with E-state index >= 15 is 0 Å². The number of hydrogen-bond donors (Lipinski definition) is 0. The van der Waals surface area contributed by atoms with Crippen LogP contribution in [0.3, 0.4) is 0 Å². The van der Waals surface area contributed by atoms with Gasteiger partial charge in [-0.25, -0.2) is 0 Å². The molecule has 1 aromatic rings. The van der Waals surface area contributed by atoms with Gasteiger partial charge in [-0.2, -0.15) is 0 Å². The summed E-state index contributed by atoms with van der Waals surface area (Å²) < 4.78 is 6.16. The van der Waals surface area contributed by atoms with Crippen LogP contribution in [0.4, 0.5) is 5.69 Å². The van der Waals surface area contributed by atoms with Gasteiger partial charge in [-0.05, 0) is 70.4 Å². The largest absolute Gasteiger partial charge is 0.489 e. The normalized spacial score (nSPS) is 35.9. The van der Waals surface area contributed by atoms with Crippen molar-refractivity contribution < 1.29 is 4.74 Å². The smallest absolute Gasteiger partial charge is 0.140 e. The van der Waals surface area contributed by atoms with Crippen molar-refractivity contribution in [2.75, 3.05) is 31.1 Å². The number of piperidine rings is 3. The number of nitrogens with zero attached hydrogens (tertiary/aromatic N) is 3. The summed E-state index contributed by atoms with van der Waals surface area (Å²) in [5, 5.41) is 0. The quantitative estimate of drug-likeness (QED) is 0.850. The van der Waals surface area contributed by atoms with Crippen LogP contribution in [0.25, 0.3) is 0 Å². The molecule has 1 aliphatic carbocycles. The Balaban J connectivity index is 1.30. The minimum absolute atomic E-state index is 0.409. The van der Waals surface area contributed by atoms with E-state index in [2.05, 4.69) is 20.9 Å². The van der Waals surface area contributed by atoms with Gasteiger partial charge in [-0.15, -0.1) is 0 Å². The standard InChI is InChI=1S/C20H29N3O/c1-2-4-18(3-1)24-19-11-17(13-21-14-19)22-10-7-20(15-22)12-16-5-8-23(20)9-6-16/h11,13-14,16,18H,1-10,12,15H2. The Kier molecular flexibility index (Phi) is 3.69. The Morgan fingerprint density at radius 3 is 2.62 bits per heavy atom. The van der Waals surface area contributed by atoms with Crippen LogP contribution >= 0.6 is 0 Å². The molecule has 0 amide bonds. The minimum atomic E-state index is 0.409. The first-order chi connectivity index (χ1) is 11.8. The lowest BCUT2D eigenvalue weighted by atomic mass is 9.74. The molecule has 0 N–H and O–H groups in total. The molecule has 5 heterocycles. The third kappa shape index (κ3) is 2.59. The van der Waals surface area contributed by atoms with Crippen molar-refractivity contribution in [2.24, 2.45) is 5.92 Å². The van der Waals surface area contributed by atoms with Gasteiger partial charge >= 0.3 is 0 Å². The molecule has 4 heteroatoms. The van der Waals surface area contributed by atoms with E-state index in [1.54, 1.807) is 0 Å². The van der Waals surface area contributed by atoms with Crippen molar-refractivity contribution >= 4 is 5.69 Å². The maximum atomic E-state index is 6.16. The van der Waals surface area contributed by atoms with Crippen LogP contribution in [0.5, 0.6) is 5.75 Å². The molecule has 4 aliphatic heterocycles. The average Bonchev–Trinajstić information content (AvgIpc) is 3.27. The number of pyridine rings is 1. The van der Waals surface area contributed by atoms with E-state index < -0.39 is 0 Å². The highest BCUT2D eigenvalue weighted by Gasteiger charge is 2.49. The number of anilines is 1. The molecule has 1 saturated carbocycles. The van der Waals surface area contributed by atoms with E-state index in [4.69, 9.17) is 4.74 Å². The lowest BCUT2D eigenvalue weighted by Gasteiger charge is -2.52. The lowest BCUT2D eigenvalue weighted by molar-refractivity contribution is -0.0157. The van der Waals surface area contributed by atoms with Gasteiger partial charge < -0.3 is 9.64 Å². The van der Waals surface area contributed by atoms with Crippen LogP contribution in [0.15, 0.2) is 18.5 Å². The number of aromatic nitrogens is 1. The summed E-state index contributed by atoms with van der Waals surface area (Å²) in [6, 6.07) is 2.22. The molecule has 0 radical (unpaired) electrons. The molecule has 24 heavy (non-hydrogen) atoms. The van der Waals surface area contributed by atoms with Gasteiger partial charge in [0.15, 0.2) is 0 Å². The fourth-order valence-electron chi connectivity index (χ4n) is 5.62. The zero-order valence-corrected chi connectivity index (χ0v) is 14.6. The SMILES string of the molecule is c1ncc(N2CCC3(CC4CCN3CC4)C2)cc1OC1CCCC1. The molecule has 6 rings (SSSR count). The van der Waals surface area contributed by atoms with Crippen molar-refractivity contribution in [3.05, 3.63) is 18.5 Å². The summed E-state index contributed by atoms with van der Waals surface area (Å²) in [6.07, 6.45) is 14.9. The molecule has 130 valence electrons. The fraction of sp³-hybridized carbons (Fsp3) is 0.750. The number of ether oxygens (including phenoxy) is 1. The summed E-state index contributed by atoms with van der Waals surface area (Å²) in [5.74, 6) is 1.94. The number of hydrogen-bond acceptors (Lipinski definition) is 4. The minimum Gasteiger partial charge on any atom is -0.489 e. The van der Waals surface area contributed by atoms with E-state index in [1.807, 2.05) is 12.4 Å². The molecular weight excluding hydrogens is 298 g/mol. The Hall–Kier alpha value is -1.29. The van der Waals surface area contributed by atoms with Gasteiger partial charge in [-0.1, -0.05) is 0 Å². The van der Waals surface area contributed by atoms with Crippen molar-refractivity contribution in [1.82, 2.24) is 9.88 Å². The first kappa shape index (κ1) is 15.0. The molecule has 1 atom stereocenters. The fourth-order valence-corrected chi connectivity index (χ4v) is 5.62. The van der Waals surface area contributed by atoms with Gasteiger partial charge in [-0.3, -0.25) is 9.88 Å². The van der Waals surface area contributed by atoms with E-state index in [1.165, 1.54) is 76.7 Å². The molecule has 0 aromatic carbocycles. The van der Waals surface area contributed by atoms with Crippen molar-refractivity contribution in [3.8, 4) is 5.75 Å². The molecule has 4 saturated heterocycles. The van der Waals surface area contributed by atoms with Crippen LogP contribution in [0, 0.1) is 5.92 Å². The Bertz CT molecular complexity index is 592. The summed E-state index contributed by atoms with van der Waals surface area (Å²) in [5.41, 5.74) is 1.70. The van der Waals surface area contributed by atoms with Gasteiger partial charge in [0, 0.05) is 24.7 Å². The number of fused-ring (bicyclic) bond motifs is 2. The third-order valence-corrected chi connectivity index (χ3v) is 6.96. The molecule has 1 spiro atoms. The molecule has 5 aliphatic rings. The van der Waals surface area contributed by atoms with Crippen molar-refractivity contribution in [3.63, 3.8) is 0 Å². The summed E-state index contributed by atoms with van der Waals surface area (Å²) in [4.78, 5) is 9.81. The second kappa shape index (κ2) is 5.91. The average molecular weight is 327 g/mol. The predicted molar refractivity (Wildman–Crippen MR) is 95.6 cm³/mol. The van der Waals surface area contributed by atoms with Gasteiger partial charge in [0.05, 0.1) is 24.2 Å². The highest BCUT2D eigenvalue weighted by atomic mass is 16.5. The van der Waals surface area contributed by atoms with Crippen LogP contribution in [-0.4, -0.2) is 47.7 Å². The second-order valence-corrected chi connectivity index (χ2v) is 8.43. The van der Waals surface area contributed by atoms with Crippen LogP contribution in [0.2, 0.25) is 0 Å². The molecule has 2 bridgehead atoms. The Morgan fingerprint density at radius 1 is 1.04 bits per heavy atom. The first-order valence-corrected chi connectivity index (χ1v) is 9.92. The molecule has 4 nitrogen and oxygen atoms in total. The highest BCUT2D eigenvalue weighted by molar-refractivity contribution is 5.50. The molecule has 5 fully saturated rings. The second-order valence-electron chi connectivity index (χ2n) is 8.43. The predicted octanol–water partition coefficient (Wildman–Crippen LogP) is 3.47. The zero-order chi connectivity index (χ0) is 16.0. The number of rotatable bonds is 3. The van der Waals surface area contributed by atoms with E-state index in [9.17, 15) is 0 Å². The van der Waals surface area contributed by atoms with E-state index in [-0.39, 0.29) is 0 Å². The highest BCUT2D eigenvalue weighted by Crippen LogP contribution is 2.45. The maximum absolute atomic E-state index is 6.16. The van der Waals surface area contributed by atoms with E-state index in [0.29, 0.717) is 11.6 Å². The van der Waals surface area contributed by atoms with Gasteiger partial charge in [0.1, 0.15) is 5.75 Å². The molecular formula is C20H29N3O. The lowest BCUT2D eigenvalue weighted by Crippen LogP contribution is -2.59. The molecule has 1 aromatic heterocycles. The Morgan fingerprint density at radius 2 is 1.88 bits per heavy atom. The molecule has 1 unspecified atom stereocenters. The summed E-state index contributed by atoms with van der Waals surface area (Å²) >= 11 is 0. The van der Waals surface area contributed by atoms with Crippen LogP contribution < -0.4 is 9.64 Å². The maximum Gasteiger partial charge on any atom is 0.140 e. The van der Waals surface area contributed by atoms with Crippen molar-refractivity contribution in [2.45, 2.75) is 63.0 Å². The van der Waals surface area contributed by atoms with Crippen LogP contribution in [0.1, 0.15) is 51.4 Å². The zero-order valence-electron chi connectivity index (χ0n) is 14.6.